The van der Waals surface area contributed by atoms with Crippen LogP contribution in [0, 0.1) is 0 Å². The van der Waals surface area contributed by atoms with Crippen LogP contribution in [0.25, 0.3) is 0 Å². The van der Waals surface area contributed by atoms with Crippen molar-refractivity contribution >= 4 is 22.7 Å². The number of benzene rings is 2. The Balaban J connectivity index is 1.95. The first kappa shape index (κ1) is 22.0. The third-order valence-corrected chi connectivity index (χ3v) is 5.82. The fraction of sp³-hybridized carbons (Fsp3) is 0.333. The Morgan fingerprint density at radius 1 is 1.13 bits per heavy atom. The van der Waals surface area contributed by atoms with Gasteiger partial charge in [-0.25, -0.2) is 4.99 Å². The highest BCUT2D eigenvalue weighted by molar-refractivity contribution is 8.13. The summed E-state index contributed by atoms with van der Waals surface area (Å²) < 4.78 is 11.9. The number of carbonyl (C=O) groups excluding carboxylic acids is 1. The number of aliphatic imine (C=N–C) groups is 1. The number of ketones is 1. The Labute approximate surface area is 182 Å². The van der Waals surface area contributed by atoms with Gasteiger partial charge in [-0.2, -0.15) is 0 Å². The van der Waals surface area contributed by atoms with Crippen molar-refractivity contribution in [1.82, 2.24) is 4.90 Å². The van der Waals surface area contributed by atoms with E-state index in [2.05, 4.69) is 0 Å². The third-order valence-electron chi connectivity index (χ3n) is 5.08. The van der Waals surface area contributed by atoms with E-state index in [9.17, 15) is 4.79 Å². The average molecular weight is 425 g/mol. The van der Waals surface area contributed by atoms with Gasteiger partial charge >= 0.3 is 0 Å². The topological polar surface area (TPSA) is 51.1 Å². The second-order valence-corrected chi connectivity index (χ2v) is 7.82. The van der Waals surface area contributed by atoms with E-state index < -0.39 is 0 Å². The maximum atomic E-state index is 12.5. The van der Waals surface area contributed by atoms with Gasteiger partial charge in [0, 0.05) is 18.3 Å². The lowest BCUT2D eigenvalue weighted by atomic mass is 9.93. The van der Waals surface area contributed by atoms with Gasteiger partial charge in [-0.1, -0.05) is 48.2 Å². The van der Waals surface area contributed by atoms with Gasteiger partial charge in [0.2, 0.25) is 0 Å². The molecule has 1 atom stereocenters. The quantitative estimate of drug-likeness (QED) is 0.609. The van der Waals surface area contributed by atoms with Crippen molar-refractivity contribution in [3.8, 4) is 11.5 Å². The molecule has 0 saturated heterocycles. The van der Waals surface area contributed by atoms with Gasteiger partial charge in [-0.3, -0.25) is 4.79 Å². The minimum absolute atomic E-state index is 0.0237. The summed E-state index contributed by atoms with van der Waals surface area (Å²) in [6.45, 7) is 6.49. The van der Waals surface area contributed by atoms with E-state index in [-0.39, 0.29) is 11.8 Å². The molecule has 2 aromatic rings. The van der Waals surface area contributed by atoms with Crippen molar-refractivity contribution in [2.24, 2.45) is 4.99 Å². The number of rotatable bonds is 7. The summed E-state index contributed by atoms with van der Waals surface area (Å²) in [7, 11) is 1.94. The van der Waals surface area contributed by atoms with E-state index in [1.165, 1.54) is 0 Å². The minimum atomic E-state index is -0.358. The molecule has 0 aromatic heterocycles. The number of amidine groups is 1. The molecule has 158 valence electrons. The molecule has 0 bridgehead atoms. The number of carbonyl (C=O) groups is 1. The Hall–Kier alpha value is -2.73. The molecule has 0 radical (unpaired) electrons. The maximum Gasteiger partial charge on any atom is 0.163 e. The van der Waals surface area contributed by atoms with Gasteiger partial charge in [0.05, 0.1) is 6.61 Å². The molecule has 0 spiro atoms. The van der Waals surface area contributed by atoms with Crippen molar-refractivity contribution in [3.63, 3.8) is 0 Å². The van der Waals surface area contributed by atoms with Gasteiger partial charge in [-0.05, 0) is 50.3 Å². The number of thioether (sulfide) groups is 1. The van der Waals surface area contributed by atoms with Crippen LogP contribution in [0.5, 0.6) is 11.5 Å². The molecule has 0 fully saturated rings. The maximum absolute atomic E-state index is 12.5. The van der Waals surface area contributed by atoms with E-state index >= 15 is 0 Å². The smallest absolute Gasteiger partial charge is 0.163 e. The zero-order chi connectivity index (χ0) is 21.7. The third kappa shape index (κ3) is 4.70. The average Bonchev–Trinajstić information content (AvgIpc) is 2.75. The number of Topliss-reactive ketones (excluding diaryl/α,β-unsaturated/α-hetero) is 1. The highest BCUT2D eigenvalue weighted by atomic mass is 32.2. The van der Waals surface area contributed by atoms with Gasteiger partial charge in [0.25, 0.3) is 0 Å². The van der Waals surface area contributed by atoms with Crippen LogP contribution in [0.3, 0.4) is 0 Å². The van der Waals surface area contributed by atoms with Crippen LogP contribution in [0.2, 0.25) is 0 Å². The SMILES string of the molecule is CCOc1cc([C@@H]2N=C(SC)N(C)C(C)=C2C(C)=O)ccc1OCc1ccccc1. The van der Waals surface area contributed by atoms with Gasteiger partial charge in [0.1, 0.15) is 12.6 Å². The summed E-state index contributed by atoms with van der Waals surface area (Å²) in [4.78, 5) is 19.3. The number of hydrogen-bond acceptors (Lipinski definition) is 6. The number of allylic oxidation sites excluding steroid dienone is 1. The fourth-order valence-corrected chi connectivity index (χ4v) is 4.10. The Kier molecular flexibility index (Phi) is 7.21. The van der Waals surface area contributed by atoms with E-state index in [4.69, 9.17) is 14.5 Å². The lowest BCUT2D eigenvalue weighted by Gasteiger charge is -2.31. The van der Waals surface area contributed by atoms with E-state index in [1.54, 1.807) is 18.7 Å². The molecule has 5 nitrogen and oxygen atoms in total. The largest absolute Gasteiger partial charge is 0.490 e. The second-order valence-electron chi connectivity index (χ2n) is 7.05. The molecule has 3 rings (SSSR count). The zero-order valence-electron chi connectivity index (χ0n) is 18.1. The summed E-state index contributed by atoms with van der Waals surface area (Å²) in [6.07, 6.45) is 1.99. The first-order chi connectivity index (χ1) is 14.5. The van der Waals surface area contributed by atoms with E-state index in [0.717, 1.165) is 22.0 Å². The highest BCUT2D eigenvalue weighted by Gasteiger charge is 2.30. The van der Waals surface area contributed by atoms with Crippen molar-refractivity contribution in [1.29, 1.82) is 0 Å². The van der Waals surface area contributed by atoms with Gasteiger partial charge in [0.15, 0.2) is 22.4 Å². The molecule has 1 aliphatic rings. The summed E-state index contributed by atoms with van der Waals surface area (Å²) >= 11 is 1.57. The van der Waals surface area contributed by atoms with Crippen molar-refractivity contribution < 1.29 is 14.3 Å². The molecule has 30 heavy (non-hydrogen) atoms. The summed E-state index contributed by atoms with van der Waals surface area (Å²) in [6, 6.07) is 15.5. The van der Waals surface area contributed by atoms with Gasteiger partial charge in [-0.15, -0.1) is 0 Å². The monoisotopic (exact) mass is 424 g/mol. The van der Waals surface area contributed by atoms with Crippen molar-refractivity contribution in [2.45, 2.75) is 33.4 Å². The number of ether oxygens (including phenoxy) is 2. The van der Waals surface area contributed by atoms with E-state index in [0.29, 0.717) is 30.3 Å². The molecule has 2 aromatic carbocycles. The van der Waals surface area contributed by atoms with Crippen LogP contribution < -0.4 is 9.47 Å². The molecular formula is C24H28N2O3S. The first-order valence-electron chi connectivity index (χ1n) is 9.97. The molecule has 1 aliphatic heterocycles. The van der Waals surface area contributed by atoms with Crippen LogP contribution in [-0.4, -0.2) is 35.8 Å². The molecular weight excluding hydrogens is 396 g/mol. The van der Waals surface area contributed by atoms with E-state index in [1.807, 2.05) is 80.6 Å². The minimum Gasteiger partial charge on any atom is -0.490 e. The summed E-state index contributed by atoms with van der Waals surface area (Å²) in [5.41, 5.74) is 3.63. The second kappa shape index (κ2) is 9.85. The fourth-order valence-electron chi connectivity index (χ4n) is 3.48. The lowest BCUT2D eigenvalue weighted by molar-refractivity contribution is -0.114. The molecule has 0 unspecified atom stereocenters. The van der Waals surface area contributed by atoms with Crippen LogP contribution in [0.4, 0.5) is 0 Å². The molecule has 0 N–H and O–H groups in total. The Morgan fingerprint density at radius 2 is 1.87 bits per heavy atom. The number of nitrogens with zero attached hydrogens (tertiary/aromatic N) is 2. The number of hydrogen-bond donors (Lipinski definition) is 0. The van der Waals surface area contributed by atoms with Crippen LogP contribution in [0.1, 0.15) is 37.9 Å². The summed E-state index contributed by atoms with van der Waals surface area (Å²) in [5.74, 6) is 1.36. The van der Waals surface area contributed by atoms with Crippen LogP contribution in [-0.2, 0) is 11.4 Å². The molecule has 0 aliphatic carbocycles. The normalized spacial score (nSPS) is 16.4. The zero-order valence-corrected chi connectivity index (χ0v) is 19.0. The van der Waals surface area contributed by atoms with Gasteiger partial charge < -0.3 is 14.4 Å². The highest BCUT2D eigenvalue weighted by Crippen LogP contribution is 2.39. The standard InChI is InChI=1S/C24H28N2O3S/c1-6-28-21-14-19(12-13-20(21)29-15-18-10-8-7-9-11-18)23-22(17(3)27)16(2)26(4)24(25-23)30-5/h7-14,23H,6,15H2,1-5H3/t23-/m0/s1. The summed E-state index contributed by atoms with van der Waals surface area (Å²) in [5, 5.41) is 0.880. The lowest BCUT2D eigenvalue weighted by Crippen LogP contribution is -2.31. The van der Waals surface area contributed by atoms with Crippen LogP contribution >= 0.6 is 11.8 Å². The van der Waals surface area contributed by atoms with Crippen molar-refractivity contribution in [2.75, 3.05) is 19.9 Å². The first-order valence-corrected chi connectivity index (χ1v) is 11.2. The Morgan fingerprint density at radius 3 is 2.50 bits per heavy atom. The Bertz CT molecular complexity index is 970. The predicted octanol–water partition coefficient (Wildman–Crippen LogP) is 5.23. The van der Waals surface area contributed by atoms with Crippen LogP contribution in [0.15, 0.2) is 64.8 Å². The molecule has 1 heterocycles. The van der Waals surface area contributed by atoms with Crippen molar-refractivity contribution in [3.05, 3.63) is 70.9 Å². The molecule has 0 amide bonds. The molecule has 0 saturated carbocycles. The predicted molar refractivity (Wildman–Crippen MR) is 123 cm³/mol. The molecule has 6 heteroatoms.